The zero-order valence-corrected chi connectivity index (χ0v) is 28.8. The molecule has 10 rings (SSSR count). The third-order valence-electron chi connectivity index (χ3n) is 10.4. The molecule has 52 heavy (non-hydrogen) atoms. The minimum absolute atomic E-state index is 0.550. The second kappa shape index (κ2) is 12.1. The topological polar surface area (TPSA) is 49.6 Å². The number of nitriles is 1. The fourth-order valence-electron chi connectivity index (χ4n) is 8.05. The molecule has 3 nitrogen and oxygen atoms in total. The fraction of sp³-hybridized carbons (Fsp3) is 0.0208. The lowest BCUT2D eigenvalue weighted by Crippen LogP contribution is -2.32. The van der Waals surface area contributed by atoms with Crippen molar-refractivity contribution in [1.82, 2.24) is 9.97 Å². The summed E-state index contributed by atoms with van der Waals surface area (Å²) in [5.74, 6) is 0.691. The largest absolute Gasteiger partial charge is 0.228 e. The molecule has 1 spiro atoms. The van der Waals surface area contributed by atoms with E-state index in [0.29, 0.717) is 11.4 Å². The van der Waals surface area contributed by atoms with Crippen LogP contribution in [0.4, 0.5) is 0 Å². The molecule has 0 amide bonds. The third kappa shape index (κ3) is 4.67. The van der Waals surface area contributed by atoms with Crippen LogP contribution in [0.1, 0.15) is 27.8 Å². The normalized spacial score (nSPS) is 14.9. The summed E-state index contributed by atoms with van der Waals surface area (Å²) in [6, 6.07) is 64.2. The monoisotopic (exact) mass is 679 g/mol. The second-order valence-corrected chi connectivity index (χ2v) is 14.3. The lowest BCUT2D eigenvalue weighted by atomic mass is 9.67. The van der Waals surface area contributed by atoms with E-state index >= 15 is 0 Å². The van der Waals surface area contributed by atoms with Crippen molar-refractivity contribution in [2.24, 2.45) is 0 Å². The van der Waals surface area contributed by atoms with Gasteiger partial charge in [-0.1, -0.05) is 151 Å². The highest BCUT2D eigenvalue weighted by molar-refractivity contribution is 7.99. The molecule has 2 heterocycles. The van der Waals surface area contributed by atoms with Crippen LogP contribution in [0.5, 0.6) is 0 Å². The van der Waals surface area contributed by atoms with Crippen molar-refractivity contribution in [3.63, 3.8) is 0 Å². The average molecular weight is 680 g/mol. The van der Waals surface area contributed by atoms with Gasteiger partial charge >= 0.3 is 0 Å². The molecule has 4 heteroatoms. The van der Waals surface area contributed by atoms with Crippen LogP contribution in [-0.4, -0.2) is 9.97 Å². The molecule has 0 bridgehead atoms. The first-order valence-electron chi connectivity index (χ1n) is 17.4. The molecule has 1 unspecified atom stereocenters. The Labute approximate surface area is 307 Å². The second-order valence-electron chi connectivity index (χ2n) is 13.2. The van der Waals surface area contributed by atoms with Crippen molar-refractivity contribution in [2.75, 3.05) is 0 Å². The van der Waals surface area contributed by atoms with Gasteiger partial charge in [-0.25, -0.2) is 9.97 Å². The average Bonchev–Trinajstić information content (AvgIpc) is 3.51. The van der Waals surface area contributed by atoms with Crippen molar-refractivity contribution >= 4 is 11.8 Å². The number of hydrogen-bond donors (Lipinski definition) is 0. The fourth-order valence-corrected chi connectivity index (χ4v) is 9.22. The maximum Gasteiger partial charge on any atom is 0.160 e. The van der Waals surface area contributed by atoms with Crippen molar-refractivity contribution in [3.05, 3.63) is 204 Å². The van der Waals surface area contributed by atoms with Gasteiger partial charge in [0.1, 0.15) is 0 Å². The minimum atomic E-state index is -0.550. The summed E-state index contributed by atoms with van der Waals surface area (Å²) in [4.78, 5) is 12.6. The number of nitrogens with zero attached hydrogens (tertiary/aromatic N) is 3. The van der Waals surface area contributed by atoms with Crippen LogP contribution in [-0.2, 0) is 5.41 Å². The highest BCUT2D eigenvalue weighted by Gasteiger charge is 2.50. The van der Waals surface area contributed by atoms with Gasteiger partial charge in [-0.05, 0) is 80.9 Å². The molecular formula is C48H29N3S. The van der Waals surface area contributed by atoms with Crippen molar-refractivity contribution in [1.29, 1.82) is 5.26 Å². The van der Waals surface area contributed by atoms with E-state index in [1.807, 2.05) is 54.2 Å². The summed E-state index contributed by atoms with van der Waals surface area (Å²) >= 11 is 1.82. The minimum Gasteiger partial charge on any atom is -0.228 e. The summed E-state index contributed by atoms with van der Waals surface area (Å²) in [7, 11) is 0. The van der Waals surface area contributed by atoms with Crippen molar-refractivity contribution in [3.8, 4) is 62.2 Å². The highest BCUT2D eigenvalue weighted by atomic mass is 32.2. The Morgan fingerprint density at radius 1 is 0.423 bits per heavy atom. The Bertz CT molecular complexity index is 2660. The molecular weight excluding hydrogens is 651 g/mol. The van der Waals surface area contributed by atoms with Crippen LogP contribution in [0.2, 0.25) is 0 Å². The molecule has 0 radical (unpaired) electrons. The molecule has 7 aromatic carbocycles. The summed E-state index contributed by atoms with van der Waals surface area (Å²) in [6.45, 7) is 0. The first-order valence-corrected chi connectivity index (χ1v) is 18.2. The van der Waals surface area contributed by atoms with Crippen LogP contribution in [0.15, 0.2) is 186 Å². The lowest BCUT2D eigenvalue weighted by Gasteiger charge is -2.40. The summed E-state index contributed by atoms with van der Waals surface area (Å²) in [6.07, 6.45) is 0. The summed E-state index contributed by atoms with van der Waals surface area (Å²) in [5, 5.41) is 10.0. The molecule has 0 saturated carbocycles. The van der Waals surface area contributed by atoms with E-state index in [9.17, 15) is 5.26 Å². The number of benzene rings is 7. The Balaban J connectivity index is 1.12. The van der Waals surface area contributed by atoms with Gasteiger partial charge in [0, 0.05) is 26.5 Å². The predicted octanol–water partition coefficient (Wildman–Crippen LogP) is 11.8. The van der Waals surface area contributed by atoms with Gasteiger partial charge in [0.25, 0.3) is 0 Å². The first-order chi connectivity index (χ1) is 25.7. The van der Waals surface area contributed by atoms with E-state index in [1.54, 1.807) is 0 Å². The quantitative estimate of drug-likeness (QED) is 0.186. The van der Waals surface area contributed by atoms with E-state index < -0.39 is 5.41 Å². The van der Waals surface area contributed by atoms with E-state index in [4.69, 9.17) is 9.97 Å². The predicted molar refractivity (Wildman–Crippen MR) is 210 cm³/mol. The van der Waals surface area contributed by atoms with Gasteiger partial charge < -0.3 is 0 Å². The molecule has 0 saturated heterocycles. The van der Waals surface area contributed by atoms with Crippen LogP contribution in [0, 0.1) is 11.3 Å². The van der Waals surface area contributed by atoms with Crippen LogP contribution < -0.4 is 0 Å². The van der Waals surface area contributed by atoms with Gasteiger partial charge in [-0.15, -0.1) is 0 Å². The Morgan fingerprint density at radius 3 is 1.71 bits per heavy atom. The Kier molecular flexibility index (Phi) is 7.02. The number of aromatic nitrogens is 2. The molecule has 1 aliphatic heterocycles. The number of rotatable bonds is 4. The zero-order valence-electron chi connectivity index (χ0n) is 28.0. The van der Waals surface area contributed by atoms with Crippen LogP contribution in [0.25, 0.3) is 56.2 Å². The van der Waals surface area contributed by atoms with Crippen molar-refractivity contribution in [2.45, 2.75) is 15.2 Å². The smallest absolute Gasteiger partial charge is 0.160 e. The van der Waals surface area contributed by atoms with Gasteiger partial charge in [0.15, 0.2) is 5.82 Å². The maximum absolute atomic E-state index is 10.0. The number of hydrogen-bond acceptors (Lipinski definition) is 4. The van der Waals surface area contributed by atoms with E-state index in [1.165, 1.54) is 43.2 Å². The molecule has 242 valence electrons. The summed E-state index contributed by atoms with van der Waals surface area (Å²) < 4.78 is 0. The van der Waals surface area contributed by atoms with Crippen LogP contribution >= 0.6 is 11.8 Å². The van der Waals surface area contributed by atoms with Gasteiger partial charge in [-0.3, -0.25) is 0 Å². The van der Waals surface area contributed by atoms with Crippen molar-refractivity contribution < 1.29 is 0 Å². The molecule has 2 aliphatic rings. The van der Waals surface area contributed by atoms with Gasteiger partial charge in [0.2, 0.25) is 0 Å². The molecule has 0 N–H and O–H groups in total. The van der Waals surface area contributed by atoms with E-state index in [0.717, 1.165) is 39.2 Å². The molecule has 0 fully saturated rings. The first kappa shape index (κ1) is 30.3. The molecule has 1 aliphatic carbocycles. The lowest BCUT2D eigenvalue weighted by molar-refractivity contribution is 0.722. The van der Waals surface area contributed by atoms with E-state index in [2.05, 4.69) is 140 Å². The van der Waals surface area contributed by atoms with E-state index in [-0.39, 0.29) is 0 Å². The maximum atomic E-state index is 10.0. The standard InChI is InChI=1S/C48H29N3S/c49-30-31-19-25-38-37-15-7-8-16-39(37)48(41(38)27-31)40-17-9-10-18-45(40)52-46-26-24-36(28-42(46)48)32-20-22-35(23-21-32)47-50-43(33-11-3-1-4-12-33)29-44(51-47)34-13-5-2-6-14-34/h1-29H. The molecule has 1 atom stereocenters. The highest BCUT2D eigenvalue weighted by Crippen LogP contribution is 2.62. The SMILES string of the molecule is N#Cc1ccc2c(c1)C1(c3ccccc3Sc3ccc(-c4ccc(-c5nc(-c6ccccc6)cc(-c6ccccc6)n5)cc4)cc31)c1ccccc1-2. The third-order valence-corrected chi connectivity index (χ3v) is 11.6. The zero-order chi connectivity index (χ0) is 34.6. The van der Waals surface area contributed by atoms with Gasteiger partial charge in [-0.2, -0.15) is 5.26 Å². The van der Waals surface area contributed by atoms with Crippen LogP contribution in [0.3, 0.4) is 0 Å². The number of fused-ring (bicyclic) bond motifs is 9. The Morgan fingerprint density at radius 2 is 1.00 bits per heavy atom. The summed E-state index contributed by atoms with van der Waals surface area (Å²) in [5.41, 5.74) is 14.5. The van der Waals surface area contributed by atoms with Gasteiger partial charge in [0.05, 0.1) is 28.4 Å². The Hall–Kier alpha value is -6.54. The molecule has 1 aromatic heterocycles. The molecule has 8 aromatic rings.